The molecule has 1 aliphatic rings. The molecule has 2 aromatic rings. The summed E-state index contributed by atoms with van der Waals surface area (Å²) in [6, 6.07) is 15.1. The van der Waals surface area contributed by atoms with Crippen molar-refractivity contribution in [2.45, 2.75) is 65.0 Å². The van der Waals surface area contributed by atoms with Crippen LogP contribution in [0, 0.1) is 0 Å². The highest BCUT2D eigenvalue weighted by atomic mass is 16.7. The van der Waals surface area contributed by atoms with E-state index >= 15 is 0 Å². The molecule has 0 saturated carbocycles. The SMILES string of the molecule is CCC(C)[B-]1(c2ccc3ccccc3c2)OC(C)(C)C(C)(C)O1. The number of hydrogen-bond donors (Lipinski definition) is 0. The molecular weight excluding hydrogens is 283 g/mol. The summed E-state index contributed by atoms with van der Waals surface area (Å²) in [5, 5.41) is 2.49. The third kappa shape index (κ3) is 2.51. The second-order valence-electron chi connectivity index (χ2n) is 8.02. The van der Waals surface area contributed by atoms with Gasteiger partial charge in [-0.25, -0.2) is 0 Å². The summed E-state index contributed by atoms with van der Waals surface area (Å²) < 4.78 is 13.4. The highest BCUT2D eigenvalue weighted by molar-refractivity contribution is 6.83. The van der Waals surface area contributed by atoms with Gasteiger partial charge in [0.15, 0.2) is 0 Å². The van der Waals surface area contributed by atoms with Crippen molar-refractivity contribution in [1.29, 1.82) is 0 Å². The van der Waals surface area contributed by atoms with Gasteiger partial charge in [0.25, 0.3) is 6.55 Å². The summed E-state index contributed by atoms with van der Waals surface area (Å²) in [5.41, 5.74) is 0.543. The van der Waals surface area contributed by atoms with Gasteiger partial charge < -0.3 is 9.31 Å². The largest absolute Gasteiger partial charge is 0.558 e. The normalized spacial score (nSPS) is 23.0. The Kier molecular flexibility index (Phi) is 3.85. The van der Waals surface area contributed by atoms with Gasteiger partial charge in [-0.05, 0) is 38.5 Å². The molecule has 3 heteroatoms. The van der Waals surface area contributed by atoms with Crippen LogP contribution in [-0.4, -0.2) is 17.8 Å². The van der Waals surface area contributed by atoms with Crippen LogP contribution >= 0.6 is 0 Å². The van der Waals surface area contributed by atoms with Crippen LogP contribution in [0.2, 0.25) is 5.82 Å². The molecule has 124 valence electrons. The summed E-state index contributed by atoms with van der Waals surface area (Å²) in [6.45, 7) is 11.5. The first-order valence-corrected chi connectivity index (χ1v) is 8.76. The Bertz CT molecular complexity index is 704. The van der Waals surface area contributed by atoms with Gasteiger partial charge in [0, 0.05) is 11.2 Å². The first-order chi connectivity index (χ1) is 10.7. The van der Waals surface area contributed by atoms with Crippen molar-refractivity contribution in [3.05, 3.63) is 42.5 Å². The summed E-state index contributed by atoms with van der Waals surface area (Å²) in [7, 11) is 0. The van der Waals surface area contributed by atoms with Gasteiger partial charge in [0.2, 0.25) is 0 Å². The summed E-state index contributed by atoms with van der Waals surface area (Å²) in [4.78, 5) is 0. The number of fused-ring (bicyclic) bond motifs is 1. The molecule has 1 aliphatic heterocycles. The monoisotopic (exact) mass is 311 g/mol. The number of hydrogen-bond acceptors (Lipinski definition) is 2. The van der Waals surface area contributed by atoms with Gasteiger partial charge >= 0.3 is 0 Å². The lowest BCUT2D eigenvalue weighted by atomic mass is 9.42. The Balaban J connectivity index is 2.16. The van der Waals surface area contributed by atoms with Crippen LogP contribution in [0.1, 0.15) is 48.0 Å². The average molecular weight is 311 g/mol. The van der Waals surface area contributed by atoms with E-state index in [9.17, 15) is 0 Å². The topological polar surface area (TPSA) is 18.5 Å². The fraction of sp³-hybridized carbons (Fsp3) is 0.500. The highest BCUT2D eigenvalue weighted by Gasteiger charge is 2.53. The molecule has 0 amide bonds. The van der Waals surface area contributed by atoms with Gasteiger partial charge in [-0.2, -0.15) is 5.46 Å². The van der Waals surface area contributed by atoms with Crippen molar-refractivity contribution < 1.29 is 9.31 Å². The smallest absolute Gasteiger partial charge is 0.273 e. The molecule has 0 aromatic heterocycles. The molecule has 0 aliphatic carbocycles. The first-order valence-electron chi connectivity index (χ1n) is 8.76. The van der Waals surface area contributed by atoms with Crippen LogP contribution in [-0.2, 0) is 9.31 Å². The Morgan fingerprint density at radius 3 is 2.04 bits per heavy atom. The molecule has 3 rings (SSSR count). The predicted octanol–water partition coefficient (Wildman–Crippen LogP) is 4.89. The van der Waals surface area contributed by atoms with Crippen LogP contribution in [0.5, 0.6) is 0 Å². The standard InChI is InChI=1S/C20H28BO2/c1-7-15(2)21(22-19(3,4)20(5,6)23-21)18-13-12-16-10-8-9-11-17(16)14-18/h8-15H,7H2,1-6H3/q-1. The molecule has 0 radical (unpaired) electrons. The zero-order valence-corrected chi connectivity index (χ0v) is 15.2. The second kappa shape index (κ2) is 5.36. The van der Waals surface area contributed by atoms with E-state index in [2.05, 4.69) is 84.0 Å². The van der Waals surface area contributed by atoms with E-state index in [0.29, 0.717) is 5.82 Å². The molecule has 23 heavy (non-hydrogen) atoms. The van der Waals surface area contributed by atoms with Crippen LogP contribution in [0.4, 0.5) is 0 Å². The van der Waals surface area contributed by atoms with Gasteiger partial charge in [0.1, 0.15) is 0 Å². The van der Waals surface area contributed by atoms with E-state index in [1.165, 1.54) is 16.2 Å². The molecule has 1 fully saturated rings. The molecule has 2 aromatic carbocycles. The van der Waals surface area contributed by atoms with E-state index in [0.717, 1.165) is 6.42 Å². The zero-order chi connectivity index (χ0) is 16.9. The van der Waals surface area contributed by atoms with E-state index in [-0.39, 0.29) is 11.2 Å². The molecule has 0 N–H and O–H groups in total. The second-order valence-corrected chi connectivity index (χ2v) is 8.02. The van der Waals surface area contributed by atoms with Gasteiger partial charge in [0.05, 0.1) is 0 Å². The minimum Gasteiger partial charge on any atom is -0.558 e. The van der Waals surface area contributed by atoms with E-state index in [1.807, 2.05) is 0 Å². The molecule has 0 spiro atoms. The minimum absolute atomic E-state index is 0.317. The average Bonchev–Trinajstić information content (AvgIpc) is 2.72. The Morgan fingerprint density at radius 1 is 0.913 bits per heavy atom. The lowest BCUT2D eigenvalue weighted by molar-refractivity contribution is 0.00578. The predicted molar refractivity (Wildman–Crippen MR) is 99.4 cm³/mol. The van der Waals surface area contributed by atoms with E-state index < -0.39 is 6.55 Å². The van der Waals surface area contributed by atoms with Crippen LogP contribution < -0.4 is 5.46 Å². The maximum absolute atomic E-state index is 6.68. The maximum atomic E-state index is 6.68. The maximum Gasteiger partial charge on any atom is 0.273 e. The summed E-state index contributed by atoms with van der Waals surface area (Å²) in [5.74, 6) is 0.331. The van der Waals surface area contributed by atoms with Gasteiger partial charge in [-0.15, -0.1) is 5.82 Å². The Morgan fingerprint density at radius 2 is 1.48 bits per heavy atom. The molecule has 0 bridgehead atoms. The molecule has 2 nitrogen and oxygen atoms in total. The fourth-order valence-corrected chi connectivity index (χ4v) is 3.65. The van der Waals surface area contributed by atoms with Crippen molar-refractivity contribution in [3.8, 4) is 0 Å². The lowest BCUT2D eigenvalue weighted by Crippen LogP contribution is -2.54. The Labute approximate surface area is 140 Å². The third-order valence-corrected chi connectivity index (χ3v) is 6.02. The van der Waals surface area contributed by atoms with Crippen molar-refractivity contribution >= 4 is 22.8 Å². The number of rotatable bonds is 3. The molecule has 1 saturated heterocycles. The molecular formula is C20H28BO2-. The van der Waals surface area contributed by atoms with Crippen LogP contribution in [0.25, 0.3) is 10.8 Å². The highest BCUT2D eigenvalue weighted by Crippen LogP contribution is 2.46. The summed E-state index contributed by atoms with van der Waals surface area (Å²) >= 11 is 0. The third-order valence-electron chi connectivity index (χ3n) is 6.02. The van der Waals surface area contributed by atoms with Gasteiger partial charge in [-0.3, -0.25) is 0 Å². The molecule has 1 heterocycles. The number of benzene rings is 2. The minimum atomic E-state index is -1.50. The van der Waals surface area contributed by atoms with Crippen molar-refractivity contribution in [2.24, 2.45) is 0 Å². The van der Waals surface area contributed by atoms with Crippen molar-refractivity contribution in [2.75, 3.05) is 0 Å². The first kappa shape index (κ1) is 16.5. The molecule has 1 atom stereocenters. The fourth-order valence-electron chi connectivity index (χ4n) is 3.65. The van der Waals surface area contributed by atoms with E-state index in [4.69, 9.17) is 9.31 Å². The van der Waals surface area contributed by atoms with Crippen molar-refractivity contribution in [1.82, 2.24) is 0 Å². The van der Waals surface area contributed by atoms with E-state index in [1.54, 1.807) is 0 Å². The quantitative estimate of drug-likeness (QED) is 0.751. The van der Waals surface area contributed by atoms with Crippen LogP contribution in [0.3, 0.4) is 0 Å². The Hall–Kier alpha value is -1.32. The zero-order valence-electron chi connectivity index (χ0n) is 15.2. The summed E-state index contributed by atoms with van der Waals surface area (Å²) in [6.07, 6.45) is 1.03. The molecule has 1 unspecified atom stereocenters. The van der Waals surface area contributed by atoms with Crippen molar-refractivity contribution in [3.63, 3.8) is 0 Å². The van der Waals surface area contributed by atoms with Crippen LogP contribution in [0.15, 0.2) is 42.5 Å². The van der Waals surface area contributed by atoms with Gasteiger partial charge in [-0.1, -0.05) is 62.7 Å². The lowest BCUT2D eigenvalue weighted by Gasteiger charge is -2.43.